The smallest absolute Gasteiger partial charge is 0.251 e. The van der Waals surface area contributed by atoms with Gasteiger partial charge in [0.2, 0.25) is 0 Å². The lowest BCUT2D eigenvalue weighted by Crippen LogP contribution is -2.48. The minimum Gasteiger partial charge on any atom is -0.394 e. The van der Waals surface area contributed by atoms with Gasteiger partial charge in [-0.05, 0) is 48.4 Å². The molecule has 20 heavy (non-hydrogen) atoms. The van der Waals surface area contributed by atoms with Crippen molar-refractivity contribution in [1.82, 2.24) is 5.32 Å². The SMILES string of the molecule is CCC(C)(CO)NC(=O)c1ccc2cc(Br)ccc2c1. The summed E-state index contributed by atoms with van der Waals surface area (Å²) >= 11 is 3.43. The number of halogens is 1. The lowest BCUT2D eigenvalue weighted by Gasteiger charge is -2.27. The van der Waals surface area contributed by atoms with Crippen LogP contribution in [-0.2, 0) is 0 Å². The van der Waals surface area contributed by atoms with Crippen molar-refractivity contribution in [2.75, 3.05) is 6.61 Å². The molecule has 3 nitrogen and oxygen atoms in total. The zero-order valence-electron chi connectivity index (χ0n) is 11.6. The second-order valence-electron chi connectivity index (χ2n) is 5.23. The van der Waals surface area contributed by atoms with E-state index in [2.05, 4.69) is 21.2 Å². The van der Waals surface area contributed by atoms with Crippen molar-refractivity contribution >= 4 is 32.6 Å². The molecule has 2 N–H and O–H groups in total. The molecule has 1 amide bonds. The number of carbonyl (C=O) groups is 1. The van der Waals surface area contributed by atoms with Gasteiger partial charge in [0.15, 0.2) is 0 Å². The van der Waals surface area contributed by atoms with E-state index >= 15 is 0 Å². The van der Waals surface area contributed by atoms with Crippen molar-refractivity contribution in [1.29, 1.82) is 0 Å². The molecule has 0 spiro atoms. The average molecular weight is 336 g/mol. The third-order valence-electron chi connectivity index (χ3n) is 3.61. The lowest BCUT2D eigenvalue weighted by atomic mass is 9.99. The Labute approximate surface area is 127 Å². The van der Waals surface area contributed by atoms with Crippen LogP contribution >= 0.6 is 15.9 Å². The Kier molecular flexibility index (Phi) is 4.45. The second kappa shape index (κ2) is 5.94. The van der Waals surface area contributed by atoms with Gasteiger partial charge in [-0.15, -0.1) is 0 Å². The molecule has 0 aliphatic heterocycles. The number of hydrogen-bond donors (Lipinski definition) is 2. The number of carbonyl (C=O) groups excluding carboxylic acids is 1. The van der Waals surface area contributed by atoms with Crippen LogP contribution in [0.5, 0.6) is 0 Å². The van der Waals surface area contributed by atoms with Gasteiger partial charge in [-0.1, -0.05) is 35.0 Å². The highest BCUT2D eigenvalue weighted by Crippen LogP contribution is 2.21. The number of aliphatic hydroxyl groups excluding tert-OH is 1. The fourth-order valence-corrected chi connectivity index (χ4v) is 2.32. The van der Waals surface area contributed by atoms with Gasteiger partial charge in [0, 0.05) is 10.0 Å². The Balaban J connectivity index is 2.29. The van der Waals surface area contributed by atoms with Gasteiger partial charge < -0.3 is 10.4 Å². The molecule has 106 valence electrons. The summed E-state index contributed by atoms with van der Waals surface area (Å²) in [5, 5.41) is 14.3. The molecule has 0 fully saturated rings. The van der Waals surface area contributed by atoms with E-state index in [0.717, 1.165) is 15.2 Å². The maximum absolute atomic E-state index is 12.3. The molecule has 1 atom stereocenters. The number of hydrogen-bond acceptors (Lipinski definition) is 2. The molecule has 0 aromatic heterocycles. The average Bonchev–Trinajstić information content (AvgIpc) is 2.46. The molecule has 0 aliphatic rings. The topological polar surface area (TPSA) is 49.3 Å². The molecule has 2 rings (SSSR count). The van der Waals surface area contributed by atoms with Gasteiger partial charge in [-0.2, -0.15) is 0 Å². The number of benzene rings is 2. The number of nitrogens with one attached hydrogen (secondary N) is 1. The molecule has 0 saturated heterocycles. The highest BCUT2D eigenvalue weighted by molar-refractivity contribution is 9.10. The standard InChI is InChI=1S/C16H18BrNO2/c1-3-16(2,10-19)18-15(20)13-5-4-12-9-14(17)7-6-11(12)8-13/h4-9,19H,3,10H2,1-2H3,(H,18,20). The summed E-state index contributed by atoms with van der Waals surface area (Å²) in [6.45, 7) is 3.70. The Hall–Kier alpha value is -1.39. The molecule has 0 radical (unpaired) electrons. The van der Waals surface area contributed by atoms with Crippen LogP contribution in [0.1, 0.15) is 30.6 Å². The molecule has 2 aromatic rings. The Bertz CT molecular complexity index is 635. The second-order valence-corrected chi connectivity index (χ2v) is 6.15. The van der Waals surface area contributed by atoms with Gasteiger partial charge >= 0.3 is 0 Å². The van der Waals surface area contributed by atoms with Crippen LogP contribution in [-0.4, -0.2) is 23.2 Å². The molecule has 0 bridgehead atoms. The van der Waals surface area contributed by atoms with Crippen molar-refractivity contribution in [2.45, 2.75) is 25.8 Å². The minimum atomic E-state index is -0.578. The van der Waals surface area contributed by atoms with Crippen LogP contribution in [0.15, 0.2) is 40.9 Å². The van der Waals surface area contributed by atoms with E-state index in [9.17, 15) is 9.90 Å². The number of rotatable bonds is 4. The summed E-state index contributed by atoms with van der Waals surface area (Å²) in [4.78, 5) is 12.3. The normalized spacial score (nSPS) is 14.0. The van der Waals surface area contributed by atoms with Crippen LogP contribution in [0.2, 0.25) is 0 Å². The summed E-state index contributed by atoms with van der Waals surface area (Å²) in [6, 6.07) is 11.5. The first kappa shape index (κ1) is 15.0. The van der Waals surface area contributed by atoms with Crippen LogP contribution in [0.3, 0.4) is 0 Å². The number of aliphatic hydroxyl groups is 1. The van der Waals surface area contributed by atoms with E-state index in [1.165, 1.54) is 0 Å². The molecule has 2 aromatic carbocycles. The fraction of sp³-hybridized carbons (Fsp3) is 0.312. The van der Waals surface area contributed by atoms with E-state index in [4.69, 9.17) is 0 Å². The van der Waals surface area contributed by atoms with Gasteiger partial charge in [0.1, 0.15) is 0 Å². The van der Waals surface area contributed by atoms with E-state index in [-0.39, 0.29) is 12.5 Å². The first-order chi connectivity index (χ1) is 9.47. The summed E-state index contributed by atoms with van der Waals surface area (Å²) in [6.07, 6.45) is 0.676. The maximum atomic E-state index is 12.3. The van der Waals surface area contributed by atoms with Crippen LogP contribution in [0.25, 0.3) is 10.8 Å². The largest absolute Gasteiger partial charge is 0.394 e. The summed E-state index contributed by atoms with van der Waals surface area (Å²) in [5.41, 5.74) is 0.0270. The van der Waals surface area contributed by atoms with Gasteiger partial charge in [-0.3, -0.25) is 4.79 Å². The molecular weight excluding hydrogens is 318 g/mol. The van der Waals surface area contributed by atoms with Crippen LogP contribution < -0.4 is 5.32 Å². The molecule has 0 saturated carbocycles. The van der Waals surface area contributed by atoms with E-state index in [1.54, 1.807) is 6.07 Å². The van der Waals surface area contributed by atoms with Crippen molar-refractivity contribution in [2.24, 2.45) is 0 Å². The quantitative estimate of drug-likeness (QED) is 0.898. The highest BCUT2D eigenvalue weighted by Gasteiger charge is 2.23. The van der Waals surface area contributed by atoms with Crippen LogP contribution in [0, 0.1) is 0 Å². The van der Waals surface area contributed by atoms with E-state index < -0.39 is 5.54 Å². The van der Waals surface area contributed by atoms with Crippen molar-refractivity contribution < 1.29 is 9.90 Å². The van der Waals surface area contributed by atoms with Crippen LogP contribution in [0.4, 0.5) is 0 Å². The molecule has 0 heterocycles. The van der Waals surface area contributed by atoms with E-state index in [1.807, 2.05) is 44.2 Å². The highest BCUT2D eigenvalue weighted by atomic mass is 79.9. The Morgan fingerprint density at radius 3 is 2.55 bits per heavy atom. The van der Waals surface area contributed by atoms with Crippen molar-refractivity contribution in [3.63, 3.8) is 0 Å². The monoisotopic (exact) mass is 335 g/mol. The molecular formula is C16H18BrNO2. The first-order valence-electron chi connectivity index (χ1n) is 6.60. The van der Waals surface area contributed by atoms with Gasteiger partial charge in [0.25, 0.3) is 5.91 Å². The molecule has 0 aliphatic carbocycles. The predicted octanol–water partition coefficient (Wildman–Crippen LogP) is 3.49. The lowest BCUT2D eigenvalue weighted by molar-refractivity contribution is 0.0847. The zero-order valence-corrected chi connectivity index (χ0v) is 13.2. The van der Waals surface area contributed by atoms with Crippen molar-refractivity contribution in [3.05, 3.63) is 46.4 Å². The predicted molar refractivity (Wildman–Crippen MR) is 84.9 cm³/mol. The summed E-state index contributed by atoms with van der Waals surface area (Å²) in [5.74, 6) is -0.159. The first-order valence-corrected chi connectivity index (χ1v) is 7.39. The summed E-state index contributed by atoms with van der Waals surface area (Å²) < 4.78 is 1.01. The Morgan fingerprint density at radius 1 is 1.25 bits per heavy atom. The number of fused-ring (bicyclic) bond motifs is 1. The van der Waals surface area contributed by atoms with E-state index in [0.29, 0.717) is 12.0 Å². The molecule has 1 unspecified atom stereocenters. The zero-order chi connectivity index (χ0) is 14.8. The van der Waals surface area contributed by atoms with Crippen molar-refractivity contribution in [3.8, 4) is 0 Å². The minimum absolute atomic E-state index is 0.0736. The third-order valence-corrected chi connectivity index (χ3v) is 4.10. The maximum Gasteiger partial charge on any atom is 0.251 e. The third kappa shape index (κ3) is 3.19. The number of amides is 1. The van der Waals surface area contributed by atoms with Gasteiger partial charge in [0.05, 0.1) is 12.1 Å². The fourth-order valence-electron chi connectivity index (χ4n) is 1.94. The summed E-state index contributed by atoms with van der Waals surface area (Å²) in [7, 11) is 0. The van der Waals surface area contributed by atoms with Gasteiger partial charge in [-0.25, -0.2) is 0 Å². The Morgan fingerprint density at radius 2 is 1.90 bits per heavy atom. The molecule has 4 heteroatoms.